The Kier molecular flexibility index (Phi) is 6.71. The molecule has 1 aliphatic rings. The Morgan fingerprint density at radius 2 is 1.77 bits per heavy atom. The summed E-state index contributed by atoms with van der Waals surface area (Å²) in [4.78, 5) is 16.6. The average Bonchev–Trinajstić information content (AvgIpc) is 2.73. The highest BCUT2D eigenvalue weighted by Gasteiger charge is 2.30. The van der Waals surface area contributed by atoms with E-state index in [0.29, 0.717) is 37.3 Å². The fourth-order valence-electron chi connectivity index (χ4n) is 3.57. The summed E-state index contributed by atoms with van der Waals surface area (Å²) in [6.07, 6.45) is -4.12. The molecule has 1 atom stereocenters. The molecule has 1 amide bonds. The molecule has 0 aromatic heterocycles. The molecule has 0 aliphatic carbocycles. The maximum atomic E-state index is 12.7. The van der Waals surface area contributed by atoms with Gasteiger partial charge >= 0.3 is 6.18 Å². The highest BCUT2D eigenvalue weighted by molar-refractivity contribution is 9.10. The van der Waals surface area contributed by atoms with Crippen LogP contribution in [-0.2, 0) is 11.0 Å². The number of piperazine rings is 1. The summed E-state index contributed by atoms with van der Waals surface area (Å²) in [5.41, 5.74) is 1.46. The number of alkyl halides is 3. The van der Waals surface area contributed by atoms with E-state index in [9.17, 15) is 23.2 Å². The SMILES string of the molecule is C[C@H](CC(=O)N1CCN(c2cc(Br)ccc2C#N)CC1)c1ccc(C(F)(F)F)cc1. The van der Waals surface area contributed by atoms with Crippen molar-refractivity contribution in [2.45, 2.75) is 25.4 Å². The summed E-state index contributed by atoms with van der Waals surface area (Å²) in [6.45, 7) is 4.15. The van der Waals surface area contributed by atoms with Crippen LogP contribution in [-0.4, -0.2) is 37.0 Å². The summed E-state index contributed by atoms with van der Waals surface area (Å²) in [5, 5.41) is 9.33. The lowest BCUT2D eigenvalue weighted by atomic mass is 9.96. The Labute approximate surface area is 182 Å². The number of hydrogen-bond acceptors (Lipinski definition) is 3. The lowest BCUT2D eigenvalue weighted by Crippen LogP contribution is -2.49. The van der Waals surface area contributed by atoms with E-state index >= 15 is 0 Å². The molecule has 2 aromatic rings. The van der Waals surface area contributed by atoms with Crippen LogP contribution in [0.4, 0.5) is 18.9 Å². The van der Waals surface area contributed by atoms with Gasteiger partial charge in [0.05, 0.1) is 16.8 Å². The van der Waals surface area contributed by atoms with E-state index in [2.05, 4.69) is 26.9 Å². The van der Waals surface area contributed by atoms with Gasteiger partial charge in [0.15, 0.2) is 0 Å². The number of anilines is 1. The standard InChI is InChI=1S/C22H21BrF3N3O/c1-15(16-2-5-18(6-3-16)22(24,25)26)12-21(30)29-10-8-28(9-11-29)20-13-19(23)7-4-17(20)14-27/h2-7,13,15H,8-12H2,1H3/t15-/m1/s1. The van der Waals surface area contributed by atoms with Crippen molar-refractivity contribution in [2.75, 3.05) is 31.1 Å². The molecule has 0 spiro atoms. The fraction of sp³-hybridized carbons (Fsp3) is 0.364. The maximum Gasteiger partial charge on any atom is 0.416 e. The monoisotopic (exact) mass is 479 g/mol. The molecular weight excluding hydrogens is 459 g/mol. The van der Waals surface area contributed by atoms with E-state index in [-0.39, 0.29) is 18.2 Å². The first kappa shape index (κ1) is 22.2. The largest absolute Gasteiger partial charge is 0.416 e. The number of halogens is 4. The smallest absolute Gasteiger partial charge is 0.367 e. The van der Waals surface area contributed by atoms with Crippen LogP contribution >= 0.6 is 15.9 Å². The summed E-state index contributed by atoms with van der Waals surface area (Å²) in [6, 6.07) is 12.7. The molecule has 0 radical (unpaired) electrons. The van der Waals surface area contributed by atoms with Gasteiger partial charge in [-0.15, -0.1) is 0 Å². The Morgan fingerprint density at radius 3 is 2.33 bits per heavy atom. The number of benzene rings is 2. The second-order valence-electron chi connectivity index (χ2n) is 7.37. The van der Waals surface area contributed by atoms with Crippen molar-refractivity contribution >= 4 is 27.5 Å². The van der Waals surface area contributed by atoms with Crippen molar-refractivity contribution in [3.8, 4) is 6.07 Å². The first-order chi connectivity index (χ1) is 14.2. The van der Waals surface area contributed by atoms with Crippen molar-refractivity contribution in [2.24, 2.45) is 0 Å². The molecule has 0 unspecified atom stereocenters. The van der Waals surface area contributed by atoms with Gasteiger partial charge in [-0.25, -0.2) is 0 Å². The van der Waals surface area contributed by atoms with Gasteiger partial charge in [0.25, 0.3) is 0 Å². The maximum absolute atomic E-state index is 12.7. The molecule has 4 nitrogen and oxygen atoms in total. The van der Waals surface area contributed by atoms with Gasteiger partial charge in [-0.3, -0.25) is 4.79 Å². The predicted octanol–water partition coefficient (Wildman–Crippen LogP) is 5.18. The lowest BCUT2D eigenvalue weighted by Gasteiger charge is -2.37. The third kappa shape index (κ3) is 5.14. The Hall–Kier alpha value is -2.53. The first-order valence-corrected chi connectivity index (χ1v) is 10.4. The van der Waals surface area contributed by atoms with Crippen LogP contribution < -0.4 is 4.90 Å². The van der Waals surface area contributed by atoms with Crippen LogP contribution in [0.1, 0.15) is 36.0 Å². The fourth-order valence-corrected chi connectivity index (χ4v) is 3.92. The van der Waals surface area contributed by atoms with Gasteiger partial charge in [0.2, 0.25) is 5.91 Å². The molecule has 0 bridgehead atoms. The zero-order chi connectivity index (χ0) is 21.9. The Balaban J connectivity index is 1.58. The van der Waals surface area contributed by atoms with Gasteiger partial charge in [-0.1, -0.05) is 35.0 Å². The first-order valence-electron chi connectivity index (χ1n) is 9.58. The van der Waals surface area contributed by atoms with Gasteiger partial charge in [0, 0.05) is 37.1 Å². The number of carbonyl (C=O) groups is 1. The van der Waals surface area contributed by atoms with Crippen molar-refractivity contribution in [1.82, 2.24) is 4.90 Å². The summed E-state index contributed by atoms with van der Waals surface area (Å²) < 4.78 is 39.0. The molecule has 0 saturated carbocycles. The normalized spacial score (nSPS) is 15.6. The second-order valence-corrected chi connectivity index (χ2v) is 8.28. The average molecular weight is 480 g/mol. The molecule has 0 N–H and O–H groups in total. The Morgan fingerprint density at radius 1 is 1.13 bits per heavy atom. The van der Waals surface area contributed by atoms with Gasteiger partial charge in [-0.05, 0) is 41.8 Å². The third-order valence-corrected chi connectivity index (χ3v) is 5.83. The number of nitrogens with zero attached hydrogens (tertiary/aromatic N) is 3. The van der Waals surface area contributed by atoms with Crippen molar-refractivity contribution in [1.29, 1.82) is 5.26 Å². The lowest BCUT2D eigenvalue weighted by molar-refractivity contribution is -0.137. The van der Waals surface area contributed by atoms with Crippen LogP contribution in [0.5, 0.6) is 0 Å². The highest BCUT2D eigenvalue weighted by Crippen LogP contribution is 2.31. The van der Waals surface area contributed by atoms with E-state index in [1.807, 2.05) is 19.1 Å². The molecular formula is C22H21BrF3N3O. The molecule has 30 heavy (non-hydrogen) atoms. The van der Waals surface area contributed by atoms with Crippen LogP contribution in [0.15, 0.2) is 46.9 Å². The quantitative estimate of drug-likeness (QED) is 0.606. The molecule has 3 rings (SSSR count). The molecule has 1 saturated heterocycles. The van der Waals surface area contributed by atoms with Crippen LogP contribution in [0.25, 0.3) is 0 Å². The number of hydrogen-bond donors (Lipinski definition) is 0. The molecule has 158 valence electrons. The zero-order valence-corrected chi connectivity index (χ0v) is 18.0. The topological polar surface area (TPSA) is 47.3 Å². The Bertz CT molecular complexity index is 946. The summed E-state index contributed by atoms with van der Waals surface area (Å²) >= 11 is 3.43. The van der Waals surface area contributed by atoms with E-state index in [1.165, 1.54) is 12.1 Å². The minimum absolute atomic E-state index is 0.0169. The minimum atomic E-state index is -4.36. The minimum Gasteiger partial charge on any atom is -0.367 e. The molecule has 1 fully saturated rings. The van der Waals surface area contributed by atoms with Crippen LogP contribution in [0, 0.1) is 11.3 Å². The summed E-state index contributed by atoms with van der Waals surface area (Å²) in [5.74, 6) is -0.190. The van der Waals surface area contributed by atoms with Gasteiger partial charge < -0.3 is 9.80 Å². The molecule has 1 heterocycles. The second kappa shape index (κ2) is 9.09. The number of nitriles is 1. The van der Waals surface area contributed by atoms with Crippen LogP contribution in [0.3, 0.4) is 0 Å². The number of carbonyl (C=O) groups excluding carboxylic acids is 1. The summed E-state index contributed by atoms with van der Waals surface area (Å²) in [7, 11) is 0. The zero-order valence-electron chi connectivity index (χ0n) is 16.4. The van der Waals surface area contributed by atoms with Crippen LogP contribution in [0.2, 0.25) is 0 Å². The van der Waals surface area contributed by atoms with E-state index in [0.717, 1.165) is 22.3 Å². The molecule has 2 aromatic carbocycles. The van der Waals surface area contributed by atoms with E-state index < -0.39 is 11.7 Å². The third-order valence-electron chi connectivity index (χ3n) is 5.34. The van der Waals surface area contributed by atoms with Crippen molar-refractivity contribution < 1.29 is 18.0 Å². The van der Waals surface area contributed by atoms with Crippen molar-refractivity contribution in [3.63, 3.8) is 0 Å². The number of amides is 1. The number of rotatable bonds is 4. The van der Waals surface area contributed by atoms with E-state index in [4.69, 9.17) is 0 Å². The van der Waals surface area contributed by atoms with Gasteiger partial charge in [0.1, 0.15) is 6.07 Å². The van der Waals surface area contributed by atoms with E-state index in [1.54, 1.807) is 11.0 Å². The highest BCUT2D eigenvalue weighted by atomic mass is 79.9. The molecule has 1 aliphatic heterocycles. The predicted molar refractivity (Wildman–Crippen MR) is 112 cm³/mol. The van der Waals surface area contributed by atoms with Crippen molar-refractivity contribution in [3.05, 3.63) is 63.6 Å². The van der Waals surface area contributed by atoms with Gasteiger partial charge in [-0.2, -0.15) is 18.4 Å². The molecule has 8 heteroatoms.